The smallest absolute Gasteiger partial charge is 0.0383 e. The highest BCUT2D eigenvalue weighted by molar-refractivity contribution is 4.53. The lowest BCUT2D eigenvalue weighted by Gasteiger charge is -2.03. The second-order valence-corrected chi connectivity index (χ2v) is 4.89. The van der Waals surface area contributed by atoms with Crippen LogP contribution in [-0.2, 0) is 0 Å². The third-order valence-electron chi connectivity index (χ3n) is 3.16. The summed E-state index contributed by atoms with van der Waals surface area (Å²) in [5.74, 6) is 0. The Labute approximate surface area is 112 Å². The zero-order valence-corrected chi connectivity index (χ0v) is 12.0. The fourth-order valence-electron chi connectivity index (χ4n) is 2.04. The predicted molar refractivity (Wildman–Crippen MR) is 78.7 cm³/mol. The summed E-state index contributed by atoms with van der Waals surface area (Å²) in [5.41, 5.74) is 8.09. The van der Waals surface area contributed by atoms with E-state index >= 15 is 0 Å². The van der Waals surface area contributed by atoms with E-state index in [1.165, 1.54) is 64.2 Å². The van der Waals surface area contributed by atoms with Crippen molar-refractivity contribution in [2.24, 2.45) is 5.11 Å². The van der Waals surface area contributed by atoms with E-state index in [1.807, 2.05) is 0 Å². The van der Waals surface area contributed by atoms with Crippen LogP contribution in [0.2, 0.25) is 0 Å². The summed E-state index contributed by atoms with van der Waals surface area (Å²) in [6.45, 7) is 4.69. The Morgan fingerprint density at radius 3 is 1.94 bits per heavy atom. The predicted octanol–water partition coefficient (Wildman–Crippen LogP) is 4.81. The number of rotatable bonds is 14. The van der Waals surface area contributed by atoms with Gasteiger partial charge in [-0.3, -0.25) is 0 Å². The molecule has 0 saturated heterocycles. The van der Waals surface area contributed by atoms with Crippen molar-refractivity contribution in [2.45, 2.75) is 71.1 Å². The van der Waals surface area contributed by atoms with Gasteiger partial charge in [0.15, 0.2) is 0 Å². The molecule has 0 atom stereocenters. The van der Waals surface area contributed by atoms with E-state index in [9.17, 15) is 0 Å². The zero-order chi connectivity index (χ0) is 13.3. The minimum Gasteiger partial charge on any atom is -0.317 e. The average molecular weight is 254 g/mol. The summed E-state index contributed by atoms with van der Waals surface area (Å²) in [7, 11) is 0. The van der Waals surface area contributed by atoms with Crippen molar-refractivity contribution >= 4 is 0 Å². The fraction of sp³-hybridized carbons (Fsp3) is 1.00. The van der Waals surface area contributed by atoms with Gasteiger partial charge in [-0.15, -0.1) is 0 Å². The van der Waals surface area contributed by atoms with E-state index in [1.54, 1.807) is 0 Å². The summed E-state index contributed by atoms with van der Waals surface area (Å²) in [6.07, 6.45) is 13.7. The van der Waals surface area contributed by atoms with Crippen LogP contribution >= 0.6 is 0 Å². The summed E-state index contributed by atoms with van der Waals surface area (Å²) in [5, 5.41) is 6.76. The Kier molecular flexibility index (Phi) is 15.6. The lowest BCUT2D eigenvalue weighted by Crippen LogP contribution is -2.18. The number of azide groups is 1. The molecule has 0 rings (SSSR count). The first-order valence-electron chi connectivity index (χ1n) is 7.63. The van der Waals surface area contributed by atoms with E-state index < -0.39 is 0 Å². The SMILES string of the molecule is CCCCCCCCCCCCNCCN=[N+]=[N-]. The molecular formula is C14H30N4. The van der Waals surface area contributed by atoms with Crippen LogP contribution in [0.3, 0.4) is 0 Å². The lowest BCUT2D eigenvalue weighted by molar-refractivity contribution is 0.545. The van der Waals surface area contributed by atoms with E-state index in [4.69, 9.17) is 5.53 Å². The summed E-state index contributed by atoms with van der Waals surface area (Å²) in [6, 6.07) is 0. The number of hydrogen-bond donors (Lipinski definition) is 1. The van der Waals surface area contributed by atoms with Gasteiger partial charge >= 0.3 is 0 Å². The van der Waals surface area contributed by atoms with Crippen molar-refractivity contribution in [1.29, 1.82) is 0 Å². The molecule has 1 N–H and O–H groups in total. The maximum absolute atomic E-state index is 8.09. The van der Waals surface area contributed by atoms with Crippen molar-refractivity contribution in [2.75, 3.05) is 19.6 Å². The molecule has 0 bridgehead atoms. The van der Waals surface area contributed by atoms with Crippen molar-refractivity contribution < 1.29 is 0 Å². The molecule has 4 nitrogen and oxygen atoms in total. The van der Waals surface area contributed by atoms with Gasteiger partial charge in [-0.1, -0.05) is 69.8 Å². The van der Waals surface area contributed by atoms with Gasteiger partial charge in [-0.25, -0.2) is 0 Å². The van der Waals surface area contributed by atoms with Gasteiger partial charge in [0.1, 0.15) is 0 Å². The molecule has 0 aromatic carbocycles. The van der Waals surface area contributed by atoms with Gasteiger partial charge in [-0.05, 0) is 18.5 Å². The first-order valence-corrected chi connectivity index (χ1v) is 7.63. The molecule has 0 spiro atoms. The Balaban J connectivity index is 2.92. The van der Waals surface area contributed by atoms with Gasteiger partial charge in [0.2, 0.25) is 0 Å². The number of hydrogen-bond acceptors (Lipinski definition) is 2. The molecule has 0 aliphatic rings. The molecule has 0 aromatic rings. The molecule has 0 fully saturated rings. The monoisotopic (exact) mass is 254 g/mol. The molecule has 0 unspecified atom stereocenters. The largest absolute Gasteiger partial charge is 0.317 e. The molecule has 0 radical (unpaired) electrons. The number of unbranched alkanes of at least 4 members (excludes halogenated alkanes) is 9. The normalized spacial score (nSPS) is 10.3. The van der Waals surface area contributed by atoms with Crippen LogP contribution in [-0.4, -0.2) is 19.6 Å². The quantitative estimate of drug-likeness (QED) is 0.206. The highest BCUT2D eigenvalue weighted by Gasteiger charge is 1.92. The molecule has 106 valence electrons. The van der Waals surface area contributed by atoms with Gasteiger partial charge in [-0.2, -0.15) is 0 Å². The van der Waals surface area contributed by atoms with Crippen LogP contribution in [0.25, 0.3) is 10.4 Å². The van der Waals surface area contributed by atoms with E-state index in [0.717, 1.165) is 13.1 Å². The topological polar surface area (TPSA) is 60.8 Å². The van der Waals surface area contributed by atoms with Crippen LogP contribution in [0, 0.1) is 0 Å². The first kappa shape index (κ1) is 17.3. The fourth-order valence-corrected chi connectivity index (χ4v) is 2.04. The molecule has 4 heteroatoms. The second-order valence-electron chi connectivity index (χ2n) is 4.89. The maximum Gasteiger partial charge on any atom is 0.0383 e. The first-order chi connectivity index (χ1) is 8.91. The third kappa shape index (κ3) is 15.3. The maximum atomic E-state index is 8.09. The minimum absolute atomic E-state index is 0.564. The average Bonchev–Trinajstić information content (AvgIpc) is 2.39. The van der Waals surface area contributed by atoms with Gasteiger partial charge < -0.3 is 5.32 Å². The molecular weight excluding hydrogens is 224 g/mol. The van der Waals surface area contributed by atoms with Gasteiger partial charge in [0.05, 0.1) is 0 Å². The van der Waals surface area contributed by atoms with Crippen LogP contribution in [0.5, 0.6) is 0 Å². The molecule has 0 aromatic heterocycles. The Morgan fingerprint density at radius 2 is 1.39 bits per heavy atom. The molecule has 18 heavy (non-hydrogen) atoms. The second kappa shape index (κ2) is 16.3. The third-order valence-corrected chi connectivity index (χ3v) is 3.16. The van der Waals surface area contributed by atoms with Crippen LogP contribution < -0.4 is 5.32 Å². The molecule has 0 amide bonds. The van der Waals surface area contributed by atoms with Crippen molar-refractivity contribution in [3.8, 4) is 0 Å². The van der Waals surface area contributed by atoms with E-state index in [-0.39, 0.29) is 0 Å². The molecule has 0 saturated carbocycles. The van der Waals surface area contributed by atoms with Crippen molar-refractivity contribution in [3.63, 3.8) is 0 Å². The van der Waals surface area contributed by atoms with Crippen LogP contribution in [0.15, 0.2) is 5.11 Å². The Morgan fingerprint density at radius 1 is 0.833 bits per heavy atom. The van der Waals surface area contributed by atoms with Crippen molar-refractivity contribution in [3.05, 3.63) is 10.4 Å². The molecule has 0 heterocycles. The minimum atomic E-state index is 0.564. The van der Waals surface area contributed by atoms with Gasteiger partial charge in [0.25, 0.3) is 0 Å². The molecule has 0 aliphatic heterocycles. The standard InChI is InChI=1S/C14H30N4/c1-2-3-4-5-6-7-8-9-10-11-12-16-13-14-17-18-15/h16H,2-14H2,1H3. The summed E-state index contributed by atoms with van der Waals surface area (Å²) in [4.78, 5) is 2.71. The lowest BCUT2D eigenvalue weighted by atomic mass is 10.1. The zero-order valence-electron chi connectivity index (χ0n) is 12.0. The highest BCUT2D eigenvalue weighted by Crippen LogP contribution is 2.10. The Bertz CT molecular complexity index is 200. The van der Waals surface area contributed by atoms with Gasteiger partial charge in [0, 0.05) is 18.0 Å². The molecule has 0 aliphatic carbocycles. The van der Waals surface area contributed by atoms with Crippen LogP contribution in [0.1, 0.15) is 71.1 Å². The van der Waals surface area contributed by atoms with E-state index in [0.29, 0.717) is 6.54 Å². The number of nitrogens with zero attached hydrogens (tertiary/aromatic N) is 3. The van der Waals surface area contributed by atoms with E-state index in [2.05, 4.69) is 22.3 Å². The highest BCUT2D eigenvalue weighted by atomic mass is 15.1. The number of nitrogens with one attached hydrogen (secondary N) is 1. The van der Waals surface area contributed by atoms with Crippen LogP contribution in [0.4, 0.5) is 0 Å². The summed E-state index contributed by atoms with van der Waals surface area (Å²) < 4.78 is 0. The Hall–Kier alpha value is -0.730. The summed E-state index contributed by atoms with van der Waals surface area (Å²) >= 11 is 0. The van der Waals surface area contributed by atoms with Crippen molar-refractivity contribution in [1.82, 2.24) is 5.32 Å².